The summed E-state index contributed by atoms with van der Waals surface area (Å²) in [6.07, 6.45) is 6.88. The molecule has 1 amide bonds. The van der Waals surface area contributed by atoms with Crippen molar-refractivity contribution >= 4 is 5.91 Å². The van der Waals surface area contributed by atoms with Gasteiger partial charge in [0.15, 0.2) is 0 Å². The Morgan fingerprint density at radius 1 is 1.24 bits per heavy atom. The van der Waals surface area contributed by atoms with Crippen molar-refractivity contribution in [2.24, 2.45) is 11.8 Å². The van der Waals surface area contributed by atoms with Gasteiger partial charge in [-0.15, -0.1) is 0 Å². The van der Waals surface area contributed by atoms with Gasteiger partial charge < -0.3 is 10.2 Å². The third kappa shape index (κ3) is 3.70. The second-order valence-corrected chi connectivity index (χ2v) is 5.65. The van der Waals surface area contributed by atoms with E-state index in [-0.39, 0.29) is 0 Å². The molecule has 3 nitrogen and oxygen atoms in total. The van der Waals surface area contributed by atoms with E-state index < -0.39 is 0 Å². The molecule has 1 N–H and O–H groups in total. The minimum Gasteiger partial charge on any atom is -0.342 e. The Hall–Kier alpha value is -0.570. The van der Waals surface area contributed by atoms with Crippen molar-refractivity contribution < 1.29 is 4.79 Å². The number of nitrogens with one attached hydrogen (secondary N) is 1. The van der Waals surface area contributed by atoms with Crippen LogP contribution in [0, 0.1) is 11.8 Å². The Kier molecular flexibility index (Phi) is 4.84. The molecule has 0 radical (unpaired) electrons. The first-order chi connectivity index (χ1) is 8.29. The van der Waals surface area contributed by atoms with Crippen molar-refractivity contribution in [2.75, 3.05) is 26.2 Å². The zero-order valence-electron chi connectivity index (χ0n) is 11.1. The largest absolute Gasteiger partial charge is 0.342 e. The van der Waals surface area contributed by atoms with Gasteiger partial charge >= 0.3 is 0 Å². The van der Waals surface area contributed by atoms with Crippen molar-refractivity contribution in [2.45, 2.75) is 45.4 Å². The molecule has 1 atom stereocenters. The molecule has 3 heteroatoms. The average Bonchev–Trinajstić information content (AvgIpc) is 2.40. The maximum Gasteiger partial charge on any atom is 0.222 e. The Balaban J connectivity index is 1.78. The van der Waals surface area contributed by atoms with Gasteiger partial charge in [-0.2, -0.15) is 0 Å². The van der Waals surface area contributed by atoms with E-state index in [0.29, 0.717) is 11.8 Å². The van der Waals surface area contributed by atoms with E-state index in [2.05, 4.69) is 17.1 Å². The van der Waals surface area contributed by atoms with Gasteiger partial charge in [-0.3, -0.25) is 4.79 Å². The summed E-state index contributed by atoms with van der Waals surface area (Å²) in [5.74, 6) is 1.79. The Bertz CT molecular complexity index is 249. The lowest BCUT2D eigenvalue weighted by atomic mass is 9.92. The second-order valence-electron chi connectivity index (χ2n) is 5.65. The second kappa shape index (κ2) is 6.39. The molecule has 0 aliphatic carbocycles. The highest BCUT2D eigenvalue weighted by atomic mass is 16.2. The monoisotopic (exact) mass is 238 g/mol. The number of likely N-dealkylation sites (tertiary alicyclic amines) is 1. The summed E-state index contributed by atoms with van der Waals surface area (Å²) < 4.78 is 0. The molecular weight excluding hydrogens is 212 g/mol. The lowest BCUT2D eigenvalue weighted by Gasteiger charge is -2.33. The van der Waals surface area contributed by atoms with Crippen LogP contribution in [0.25, 0.3) is 0 Å². The maximum absolute atomic E-state index is 12.2. The molecule has 0 aromatic rings. The van der Waals surface area contributed by atoms with Gasteiger partial charge in [0.1, 0.15) is 0 Å². The molecule has 0 aromatic carbocycles. The van der Waals surface area contributed by atoms with E-state index in [4.69, 9.17) is 0 Å². The van der Waals surface area contributed by atoms with Crippen molar-refractivity contribution in [3.8, 4) is 0 Å². The standard InChI is InChI=1S/C14H26N2O/c1-2-12-4-3-9-16(11-12)14(17)10-13-5-7-15-8-6-13/h12-13,15H,2-11H2,1H3. The summed E-state index contributed by atoms with van der Waals surface area (Å²) in [5, 5.41) is 3.36. The molecule has 2 saturated heterocycles. The number of carbonyl (C=O) groups is 1. The minimum atomic E-state index is 0.412. The number of carbonyl (C=O) groups excluding carboxylic acids is 1. The molecule has 98 valence electrons. The topological polar surface area (TPSA) is 32.3 Å². The number of hydrogen-bond donors (Lipinski definition) is 1. The van der Waals surface area contributed by atoms with Crippen LogP contribution in [0.2, 0.25) is 0 Å². The van der Waals surface area contributed by atoms with Crippen LogP contribution in [0.15, 0.2) is 0 Å². The summed E-state index contributed by atoms with van der Waals surface area (Å²) in [4.78, 5) is 14.4. The molecule has 2 heterocycles. The number of piperidine rings is 2. The molecule has 17 heavy (non-hydrogen) atoms. The summed E-state index contributed by atoms with van der Waals surface area (Å²) in [6, 6.07) is 0. The third-order valence-electron chi connectivity index (χ3n) is 4.37. The lowest BCUT2D eigenvalue weighted by molar-refractivity contribution is -0.134. The van der Waals surface area contributed by atoms with Crippen LogP contribution in [0.4, 0.5) is 0 Å². The van der Waals surface area contributed by atoms with Gasteiger partial charge in [0.25, 0.3) is 0 Å². The van der Waals surface area contributed by atoms with Crippen LogP contribution < -0.4 is 5.32 Å². The Morgan fingerprint density at radius 2 is 2.00 bits per heavy atom. The van der Waals surface area contributed by atoms with E-state index >= 15 is 0 Å². The number of hydrogen-bond acceptors (Lipinski definition) is 2. The fourth-order valence-corrected chi connectivity index (χ4v) is 3.09. The van der Waals surface area contributed by atoms with Crippen molar-refractivity contribution in [1.82, 2.24) is 10.2 Å². The minimum absolute atomic E-state index is 0.412. The molecule has 1 unspecified atom stereocenters. The number of rotatable bonds is 3. The van der Waals surface area contributed by atoms with Crippen LogP contribution in [0.3, 0.4) is 0 Å². The van der Waals surface area contributed by atoms with Crippen molar-refractivity contribution in [3.63, 3.8) is 0 Å². The number of nitrogens with zero attached hydrogens (tertiary/aromatic N) is 1. The predicted octanol–water partition coefficient (Wildman–Crippen LogP) is 2.02. The van der Waals surface area contributed by atoms with E-state index in [1.54, 1.807) is 0 Å². The smallest absolute Gasteiger partial charge is 0.222 e. The molecule has 0 aromatic heterocycles. The molecule has 0 bridgehead atoms. The molecule has 2 aliphatic rings. The van der Waals surface area contributed by atoms with Crippen LogP contribution in [0.5, 0.6) is 0 Å². The van der Waals surface area contributed by atoms with Gasteiger partial charge in [-0.25, -0.2) is 0 Å². The van der Waals surface area contributed by atoms with E-state index in [1.165, 1.54) is 32.1 Å². The number of amides is 1. The zero-order valence-corrected chi connectivity index (χ0v) is 11.1. The van der Waals surface area contributed by atoms with Crippen LogP contribution in [-0.2, 0) is 4.79 Å². The maximum atomic E-state index is 12.2. The SMILES string of the molecule is CCC1CCCN(C(=O)CC2CCNCC2)C1. The first kappa shape index (κ1) is 12.9. The van der Waals surface area contributed by atoms with Gasteiger partial charge in [-0.1, -0.05) is 13.3 Å². The van der Waals surface area contributed by atoms with Crippen molar-refractivity contribution in [1.29, 1.82) is 0 Å². The molecule has 0 saturated carbocycles. The summed E-state index contributed by atoms with van der Waals surface area (Å²) in [6.45, 7) is 6.44. The van der Waals surface area contributed by atoms with E-state index in [0.717, 1.165) is 38.5 Å². The normalized spacial score (nSPS) is 27.1. The van der Waals surface area contributed by atoms with E-state index in [9.17, 15) is 4.79 Å². The quantitative estimate of drug-likeness (QED) is 0.816. The highest BCUT2D eigenvalue weighted by Gasteiger charge is 2.25. The summed E-state index contributed by atoms with van der Waals surface area (Å²) in [5.41, 5.74) is 0. The van der Waals surface area contributed by atoms with Gasteiger partial charge in [0.05, 0.1) is 0 Å². The Morgan fingerprint density at radius 3 is 2.71 bits per heavy atom. The lowest BCUT2D eigenvalue weighted by Crippen LogP contribution is -2.41. The fourth-order valence-electron chi connectivity index (χ4n) is 3.09. The first-order valence-corrected chi connectivity index (χ1v) is 7.28. The highest BCUT2D eigenvalue weighted by Crippen LogP contribution is 2.22. The van der Waals surface area contributed by atoms with Crippen LogP contribution in [-0.4, -0.2) is 37.0 Å². The average molecular weight is 238 g/mol. The van der Waals surface area contributed by atoms with Gasteiger partial charge in [0, 0.05) is 19.5 Å². The zero-order chi connectivity index (χ0) is 12.1. The predicted molar refractivity (Wildman–Crippen MR) is 69.8 cm³/mol. The Labute approximate surface area is 105 Å². The molecular formula is C14H26N2O. The molecule has 0 spiro atoms. The fraction of sp³-hybridized carbons (Fsp3) is 0.929. The van der Waals surface area contributed by atoms with Gasteiger partial charge in [-0.05, 0) is 50.6 Å². The summed E-state index contributed by atoms with van der Waals surface area (Å²) in [7, 11) is 0. The van der Waals surface area contributed by atoms with Crippen LogP contribution >= 0.6 is 0 Å². The molecule has 2 aliphatic heterocycles. The van der Waals surface area contributed by atoms with Crippen LogP contribution in [0.1, 0.15) is 45.4 Å². The molecule has 2 fully saturated rings. The first-order valence-electron chi connectivity index (χ1n) is 7.28. The highest BCUT2D eigenvalue weighted by molar-refractivity contribution is 5.76. The third-order valence-corrected chi connectivity index (χ3v) is 4.37. The van der Waals surface area contributed by atoms with Crippen molar-refractivity contribution in [3.05, 3.63) is 0 Å². The molecule has 2 rings (SSSR count). The van der Waals surface area contributed by atoms with E-state index in [1.807, 2.05) is 0 Å². The summed E-state index contributed by atoms with van der Waals surface area (Å²) >= 11 is 0. The van der Waals surface area contributed by atoms with Gasteiger partial charge in [0.2, 0.25) is 5.91 Å².